The van der Waals surface area contributed by atoms with E-state index in [0.717, 1.165) is 5.56 Å². The molecule has 24 heavy (non-hydrogen) atoms. The summed E-state index contributed by atoms with van der Waals surface area (Å²) in [5.74, 6) is 0.971. The molecule has 0 aliphatic carbocycles. The summed E-state index contributed by atoms with van der Waals surface area (Å²) in [6.45, 7) is 3.32. The molecule has 1 aliphatic rings. The van der Waals surface area contributed by atoms with E-state index in [1.807, 2.05) is 0 Å². The molecule has 1 saturated heterocycles. The predicted molar refractivity (Wildman–Crippen MR) is 83.6 cm³/mol. The van der Waals surface area contributed by atoms with Gasteiger partial charge < -0.3 is 14.2 Å². The monoisotopic (exact) mass is 333 g/mol. The van der Waals surface area contributed by atoms with Crippen molar-refractivity contribution in [2.24, 2.45) is 0 Å². The van der Waals surface area contributed by atoms with Crippen LogP contribution >= 0.6 is 0 Å². The number of carbonyl (C=O) groups excluding carboxylic acids is 1. The van der Waals surface area contributed by atoms with E-state index in [9.17, 15) is 9.18 Å². The highest BCUT2D eigenvalue weighted by Crippen LogP contribution is 2.23. The van der Waals surface area contributed by atoms with Crippen molar-refractivity contribution < 1.29 is 18.4 Å². The molecule has 2 aromatic rings. The minimum atomic E-state index is -0.279. The van der Waals surface area contributed by atoms with Gasteiger partial charge in [0, 0.05) is 19.4 Å². The maximum absolute atomic E-state index is 13.0. The molecule has 0 bridgehead atoms. The van der Waals surface area contributed by atoms with Crippen molar-refractivity contribution in [3.05, 3.63) is 47.4 Å². The van der Waals surface area contributed by atoms with E-state index in [1.165, 1.54) is 12.1 Å². The Hall–Kier alpha value is -2.28. The Bertz CT molecular complexity index is 687. The number of benzene rings is 1. The Balaban J connectivity index is 1.50. The normalized spacial score (nSPS) is 17.9. The number of morpholine rings is 1. The summed E-state index contributed by atoms with van der Waals surface area (Å²) >= 11 is 0. The standard InChI is InChI=1S/C17H20FN3O3/c1-12-19-16(24-20-12)3-2-4-17(22)21-9-10-23-15(11-21)13-5-7-14(18)8-6-13/h5-8,15H,2-4,9-11H2,1H3/t15-/m0/s1. The number of aromatic nitrogens is 2. The predicted octanol–water partition coefficient (Wildman–Crippen LogP) is 2.44. The van der Waals surface area contributed by atoms with Crippen LogP contribution in [0.5, 0.6) is 0 Å². The van der Waals surface area contributed by atoms with Gasteiger partial charge in [-0.15, -0.1) is 0 Å². The molecule has 1 aromatic heterocycles. The zero-order valence-corrected chi connectivity index (χ0v) is 13.6. The largest absolute Gasteiger partial charge is 0.370 e. The lowest BCUT2D eigenvalue weighted by atomic mass is 10.1. The van der Waals surface area contributed by atoms with Gasteiger partial charge in [-0.3, -0.25) is 4.79 Å². The fourth-order valence-electron chi connectivity index (χ4n) is 2.75. The SMILES string of the molecule is Cc1noc(CCCC(=O)N2CCO[C@H](c3ccc(F)cc3)C2)n1. The Kier molecular flexibility index (Phi) is 5.20. The molecule has 2 heterocycles. The first-order valence-electron chi connectivity index (χ1n) is 8.06. The summed E-state index contributed by atoms with van der Waals surface area (Å²) in [5.41, 5.74) is 0.884. The number of nitrogens with zero attached hydrogens (tertiary/aromatic N) is 3. The molecule has 0 unspecified atom stereocenters. The molecule has 1 aliphatic heterocycles. The topological polar surface area (TPSA) is 68.5 Å². The van der Waals surface area contributed by atoms with Crippen molar-refractivity contribution in [1.82, 2.24) is 15.0 Å². The molecule has 1 atom stereocenters. The van der Waals surface area contributed by atoms with Crippen LogP contribution in [0.2, 0.25) is 0 Å². The van der Waals surface area contributed by atoms with Gasteiger partial charge in [0.2, 0.25) is 11.8 Å². The van der Waals surface area contributed by atoms with Crippen molar-refractivity contribution in [3.8, 4) is 0 Å². The van der Waals surface area contributed by atoms with E-state index < -0.39 is 0 Å². The first-order valence-corrected chi connectivity index (χ1v) is 8.06. The number of ether oxygens (including phenoxy) is 1. The second-order valence-corrected chi connectivity index (χ2v) is 5.84. The highest BCUT2D eigenvalue weighted by atomic mass is 19.1. The van der Waals surface area contributed by atoms with E-state index in [0.29, 0.717) is 50.7 Å². The molecule has 3 rings (SSSR count). The van der Waals surface area contributed by atoms with E-state index >= 15 is 0 Å². The molecule has 6 nitrogen and oxygen atoms in total. The van der Waals surface area contributed by atoms with Gasteiger partial charge in [-0.2, -0.15) is 4.98 Å². The number of hydrogen-bond acceptors (Lipinski definition) is 5. The van der Waals surface area contributed by atoms with Crippen molar-refractivity contribution in [3.63, 3.8) is 0 Å². The Morgan fingerprint density at radius 3 is 2.88 bits per heavy atom. The number of halogens is 1. The summed E-state index contributed by atoms with van der Waals surface area (Å²) in [5, 5.41) is 3.73. The minimum Gasteiger partial charge on any atom is -0.370 e. The molecule has 0 saturated carbocycles. The van der Waals surface area contributed by atoms with Gasteiger partial charge in [-0.25, -0.2) is 4.39 Å². The number of amides is 1. The molecular weight excluding hydrogens is 313 g/mol. The second-order valence-electron chi connectivity index (χ2n) is 5.84. The third kappa shape index (κ3) is 4.17. The Morgan fingerprint density at radius 2 is 2.17 bits per heavy atom. The van der Waals surface area contributed by atoms with Gasteiger partial charge in [-0.05, 0) is 31.0 Å². The quantitative estimate of drug-likeness (QED) is 0.841. The lowest BCUT2D eigenvalue weighted by Crippen LogP contribution is -2.42. The molecule has 1 aromatic carbocycles. The van der Waals surface area contributed by atoms with E-state index in [1.54, 1.807) is 24.0 Å². The van der Waals surface area contributed by atoms with Gasteiger partial charge in [0.25, 0.3) is 0 Å². The highest BCUT2D eigenvalue weighted by Gasteiger charge is 2.25. The average Bonchev–Trinajstić information content (AvgIpc) is 3.01. The highest BCUT2D eigenvalue weighted by molar-refractivity contribution is 5.76. The molecule has 1 fully saturated rings. The fraction of sp³-hybridized carbons (Fsp3) is 0.471. The summed E-state index contributed by atoms with van der Waals surface area (Å²) in [4.78, 5) is 18.3. The Labute approximate surface area is 139 Å². The van der Waals surface area contributed by atoms with Crippen LogP contribution in [-0.4, -0.2) is 40.6 Å². The first kappa shape index (κ1) is 16.6. The van der Waals surface area contributed by atoms with Gasteiger partial charge >= 0.3 is 0 Å². The third-order valence-corrected chi connectivity index (χ3v) is 4.01. The molecular formula is C17H20FN3O3. The number of rotatable bonds is 5. The number of hydrogen-bond donors (Lipinski definition) is 0. The summed E-state index contributed by atoms with van der Waals surface area (Å²) in [6.07, 6.45) is 1.48. The van der Waals surface area contributed by atoms with Crippen LogP contribution in [0.1, 0.15) is 36.2 Å². The van der Waals surface area contributed by atoms with E-state index in [2.05, 4.69) is 10.1 Å². The van der Waals surface area contributed by atoms with Crippen LogP contribution in [0.25, 0.3) is 0 Å². The number of carbonyl (C=O) groups is 1. The van der Waals surface area contributed by atoms with Crippen LogP contribution in [-0.2, 0) is 16.0 Å². The smallest absolute Gasteiger partial charge is 0.226 e. The maximum Gasteiger partial charge on any atom is 0.226 e. The van der Waals surface area contributed by atoms with Gasteiger partial charge in [0.05, 0.1) is 13.2 Å². The lowest BCUT2D eigenvalue weighted by Gasteiger charge is -2.33. The summed E-state index contributed by atoms with van der Waals surface area (Å²) in [6, 6.07) is 6.22. The van der Waals surface area contributed by atoms with Crippen LogP contribution in [0.3, 0.4) is 0 Å². The molecule has 0 spiro atoms. The summed E-state index contributed by atoms with van der Waals surface area (Å²) in [7, 11) is 0. The molecule has 1 amide bonds. The van der Waals surface area contributed by atoms with E-state index in [-0.39, 0.29) is 17.8 Å². The number of aryl methyl sites for hydroxylation is 2. The molecule has 0 radical (unpaired) electrons. The van der Waals surface area contributed by atoms with E-state index in [4.69, 9.17) is 9.26 Å². The van der Waals surface area contributed by atoms with Crippen molar-refractivity contribution in [2.75, 3.05) is 19.7 Å². The van der Waals surface area contributed by atoms with Crippen molar-refractivity contribution in [1.29, 1.82) is 0 Å². The van der Waals surface area contributed by atoms with Crippen LogP contribution in [0.15, 0.2) is 28.8 Å². The van der Waals surface area contributed by atoms with Gasteiger partial charge in [0.1, 0.15) is 11.9 Å². The lowest BCUT2D eigenvalue weighted by molar-refractivity contribution is -0.139. The Morgan fingerprint density at radius 1 is 1.38 bits per heavy atom. The molecule has 7 heteroatoms. The zero-order chi connectivity index (χ0) is 16.9. The van der Waals surface area contributed by atoms with Crippen LogP contribution in [0, 0.1) is 12.7 Å². The zero-order valence-electron chi connectivity index (χ0n) is 13.6. The van der Waals surface area contributed by atoms with Crippen LogP contribution < -0.4 is 0 Å². The maximum atomic E-state index is 13.0. The van der Waals surface area contributed by atoms with Gasteiger partial charge in [-0.1, -0.05) is 17.3 Å². The van der Waals surface area contributed by atoms with Crippen LogP contribution in [0.4, 0.5) is 4.39 Å². The third-order valence-electron chi connectivity index (χ3n) is 4.01. The summed E-state index contributed by atoms with van der Waals surface area (Å²) < 4.78 is 23.8. The fourth-order valence-corrected chi connectivity index (χ4v) is 2.75. The van der Waals surface area contributed by atoms with Crippen molar-refractivity contribution in [2.45, 2.75) is 32.3 Å². The second kappa shape index (κ2) is 7.53. The first-order chi connectivity index (χ1) is 11.6. The van der Waals surface area contributed by atoms with Crippen molar-refractivity contribution >= 4 is 5.91 Å². The molecule has 0 N–H and O–H groups in total. The minimum absolute atomic E-state index is 0.0849. The molecule has 128 valence electrons. The van der Waals surface area contributed by atoms with Gasteiger partial charge in [0.15, 0.2) is 5.82 Å². The average molecular weight is 333 g/mol.